The first kappa shape index (κ1) is 27.3. The number of hydroxylamine groups is 1. The van der Waals surface area contributed by atoms with Gasteiger partial charge in [-0.3, -0.25) is 14.8 Å². The number of nitrogens with two attached hydrogens (primary N) is 1. The van der Waals surface area contributed by atoms with Gasteiger partial charge in [-0.25, -0.2) is 10.5 Å². The number of carbonyl (C=O) groups is 2. The maximum atomic E-state index is 13.3. The Hall–Kier alpha value is -3.70. The van der Waals surface area contributed by atoms with E-state index in [1.807, 2.05) is 13.8 Å². The second-order valence-electron chi connectivity index (χ2n) is 9.84. The lowest BCUT2D eigenvalue weighted by atomic mass is 9.89. The third-order valence-corrected chi connectivity index (χ3v) is 6.73. The van der Waals surface area contributed by atoms with Crippen LogP contribution in [0, 0.1) is 5.92 Å². The minimum atomic E-state index is -4.59. The monoisotopic (exact) mass is 530 g/mol. The number of rotatable bonds is 8. The molecule has 4 rings (SSSR count). The van der Waals surface area contributed by atoms with Crippen molar-refractivity contribution in [2.75, 3.05) is 6.54 Å². The van der Waals surface area contributed by atoms with Crippen LogP contribution >= 0.6 is 0 Å². The van der Waals surface area contributed by atoms with E-state index in [4.69, 9.17) is 15.7 Å². The molecule has 0 unspecified atom stereocenters. The van der Waals surface area contributed by atoms with Crippen molar-refractivity contribution in [1.29, 1.82) is 0 Å². The minimum absolute atomic E-state index is 0.0963. The fourth-order valence-corrected chi connectivity index (χ4v) is 4.75. The summed E-state index contributed by atoms with van der Waals surface area (Å²) in [6.07, 6.45) is -3.97. The molecule has 0 bridgehead atoms. The van der Waals surface area contributed by atoms with Gasteiger partial charge in [0, 0.05) is 17.5 Å². The Kier molecular flexibility index (Phi) is 7.61. The van der Waals surface area contributed by atoms with Crippen LogP contribution < -0.4 is 16.0 Å². The van der Waals surface area contributed by atoms with Gasteiger partial charge in [0.2, 0.25) is 5.91 Å². The molecule has 2 aromatic carbocycles. The molecule has 4 N–H and O–H groups in total. The highest BCUT2D eigenvalue weighted by atomic mass is 19.4. The van der Waals surface area contributed by atoms with Gasteiger partial charge < -0.3 is 15.4 Å². The predicted octanol–water partition coefficient (Wildman–Crippen LogP) is 4.14. The number of ether oxygens (including phenoxy) is 1. The number of aromatic nitrogens is 1. The van der Waals surface area contributed by atoms with E-state index in [0.717, 1.165) is 6.07 Å². The number of alkyl halides is 3. The van der Waals surface area contributed by atoms with Crippen molar-refractivity contribution in [1.82, 2.24) is 15.4 Å². The molecule has 1 saturated heterocycles. The van der Waals surface area contributed by atoms with E-state index < -0.39 is 35.3 Å². The number of nitrogens with zero attached hydrogens (tertiary/aromatic N) is 2. The molecule has 2 atom stereocenters. The lowest BCUT2D eigenvalue weighted by Crippen LogP contribution is -2.52. The summed E-state index contributed by atoms with van der Waals surface area (Å²) < 4.78 is 45.8. The number of carbonyl (C=O) groups excluding carboxylic acids is 2. The first-order valence-corrected chi connectivity index (χ1v) is 12.2. The van der Waals surface area contributed by atoms with E-state index in [1.54, 1.807) is 47.9 Å². The quantitative estimate of drug-likeness (QED) is 0.298. The van der Waals surface area contributed by atoms with Crippen molar-refractivity contribution in [3.63, 3.8) is 0 Å². The van der Waals surface area contributed by atoms with Crippen molar-refractivity contribution in [3.8, 4) is 5.75 Å². The molecule has 1 aliphatic heterocycles. The summed E-state index contributed by atoms with van der Waals surface area (Å²) >= 11 is 0. The first-order chi connectivity index (χ1) is 17.9. The Morgan fingerprint density at radius 1 is 1.21 bits per heavy atom. The summed E-state index contributed by atoms with van der Waals surface area (Å²) in [7, 11) is 0. The van der Waals surface area contributed by atoms with Gasteiger partial charge in [0.1, 0.15) is 29.6 Å². The highest BCUT2D eigenvalue weighted by molar-refractivity contribution is 5.94. The lowest BCUT2D eigenvalue weighted by Gasteiger charge is -2.30. The lowest BCUT2D eigenvalue weighted by molar-refractivity contribution is -0.144. The number of hydrogen-bond donors (Lipinski definition) is 3. The van der Waals surface area contributed by atoms with Crippen LogP contribution in [-0.2, 0) is 27.9 Å². The number of para-hydroxylation sites is 1. The van der Waals surface area contributed by atoms with Gasteiger partial charge in [0.25, 0.3) is 5.91 Å². The Morgan fingerprint density at radius 3 is 2.53 bits per heavy atom. The topological polar surface area (TPSA) is 118 Å². The first-order valence-electron chi connectivity index (χ1n) is 12.2. The largest absolute Gasteiger partial charge is 0.489 e. The van der Waals surface area contributed by atoms with Gasteiger partial charge in [-0.15, -0.1) is 0 Å². The van der Waals surface area contributed by atoms with Gasteiger partial charge in [0.05, 0.1) is 5.52 Å². The third-order valence-electron chi connectivity index (χ3n) is 6.73. The molecule has 11 heteroatoms. The fourth-order valence-electron chi connectivity index (χ4n) is 4.75. The molecular formula is C27H29F3N4O4. The number of pyridine rings is 1. The van der Waals surface area contributed by atoms with E-state index in [2.05, 4.69) is 4.98 Å². The molecule has 0 spiro atoms. The Bertz CT molecular complexity index is 1330. The van der Waals surface area contributed by atoms with Crippen molar-refractivity contribution in [3.05, 3.63) is 71.4 Å². The number of halogens is 3. The number of hydrogen-bond acceptors (Lipinski definition) is 6. The fraction of sp³-hybridized carbons (Fsp3) is 0.370. The molecule has 2 heterocycles. The summed E-state index contributed by atoms with van der Waals surface area (Å²) in [6.45, 7) is 3.94. The Morgan fingerprint density at radius 2 is 1.89 bits per heavy atom. The van der Waals surface area contributed by atoms with Crippen molar-refractivity contribution >= 4 is 22.7 Å². The highest BCUT2D eigenvalue weighted by Gasteiger charge is 2.48. The molecule has 202 valence electrons. The zero-order valence-electron chi connectivity index (χ0n) is 21.0. The molecule has 3 aromatic rings. The molecule has 8 nitrogen and oxygen atoms in total. The maximum absolute atomic E-state index is 13.3. The molecular weight excluding hydrogens is 501 g/mol. The van der Waals surface area contributed by atoms with Crippen LogP contribution in [0.2, 0.25) is 0 Å². The average Bonchev–Trinajstić information content (AvgIpc) is 3.19. The SMILES string of the molecule is CC(C)C[C@H](C(=O)NO)N1CC[C@@](N)(c2ccc(OCc3cc(C(F)(F)F)nc4ccccc34)cc2)C1=O. The molecule has 2 amide bonds. The minimum Gasteiger partial charge on any atom is -0.489 e. The second-order valence-corrected chi connectivity index (χ2v) is 9.84. The Balaban J connectivity index is 1.52. The van der Waals surface area contributed by atoms with Crippen LogP contribution in [-0.4, -0.2) is 39.5 Å². The summed E-state index contributed by atoms with van der Waals surface area (Å²) in [4.78, 5) is 30.7. The third kappa shape index (κ3) is 5.44. The zero-order chi connectivity index (χ0) is 27.7. The van der Waals surface area contributed by atoms with Crippen molar-refractivity contribution < 1.29 is 32.7 Å². The van der Waals surface area contributed by atoms with Crippen LogP contribution in [0.1, 0.15) is 43.5 Å². The van der Waals surface area contributed by atoms with E-state index in [1.165, 1.54) is 11.0 Å². The van der Waals surface area contributed by atoms with Crippen LogP contribution in [0.5, 0.6) is 5.75 Å². The van der Waals surface area contributed by atoms with E-state index in [9.17, 15) is 22.8 Å². The van der Waals surface area contributed by atoms with Gasteiger partial charge in [-0.05, 0) is 48.6 Å². The number of amides is 2. The molecule has 0 aliphatic carbocycles. The van der Waals surface area contributed by atoms with Gasteiger partial charge >= 0.3 is 6.18 Å². The molecule has 0 saturated carbocycles. The van der Waals surface area contributed by atoms with E-state index in [-0.39, 0.29) is 31.0 Å². The van der Waals surface area contributed by atoms with Crippen molar-refractivity contribution in [2.24, 2.45) is 11.7 Å². The smallest absolute Gasteiger partial charge is 0.433 e. The van der Waals surface area contributed by atoms with Crippen LogP contribution in [0.3, 0.4) is 0 Å². The Labute approximate surface area is 217 Å². The van der Waals surface area contributed by atoms with Gasteiger partial charge in [-0.2, -0.15) is 13.2 Å². The normalized spacial score (nSPS) is 18.7. The standard InChI is InChI=1S/C27H29F3N4O4/c1-16(2)13-22(24(35)33-37)34-12-11-26(31,25(34)36)18-7-9-19(10-8-18)38-15-17-14-23(27(28,29)30)32-21-6-4-3-5-20(17)21/h3-10,14,16,22,37H,11-13,15,31H2,1-2H3,(H,33,35)/t22-,26-/m1/s1. The van der Waals surface area contributed by atoms with Crippen molar-refractivity contribution in [2.45, 2.75) is 51.1 Å². The van der Waals surface area contributed by atoms with Crippen LogP contribution in [0.4, 0.5) is 13.2 Å². The maximum Gasteiger partial charge on any atom is 0.433 e. The van der Waals surface area contributed by atoms with E-state index in [0.29, 0.717) is 28.7 Å². The molecule has 1 fully saturated rings. The predicted molar refractivity (Wildman–Crippen MR) is 133 cm³/mol. The highest BCUT2D eigenvalue weighted by Crippen LogP contribution is 2.35. The van der Waals surface area contributed by atoms with Crippen LogP contribution in [0.15, 0.2) is 54.6 Å². The second kappa shape index (κ2) is 10.6. The number of likely N-dealkylation sites (tertiary alicyclic amines) is 1. The summed E-state index contributed by atoms with van der Waals surface area (Å²) in [5.74, 6) is -0.619. The summed E-state index contributed by atoms with van der Waals surface area (Å²) in [5, 5.41) is 9.70. The molecule has 38 heavy (non-hydrogen) atoms. The molecule has 1 aromatic heterocycles. The number of fused-ring (bicyclic) bond motifs is 1. The average molecular weight is 531 g/mol. The molecule has 0 radical (unpaired) electrons. The van der Waals surface area contributed by atoms with Gasteiger partial charge in [-0.1, -0.05) is 44.2 Å². The number of benzene rings is 2. The van der Waals surface area contributed by atoms with Crippen LogP contribution in [0.25, 0.3) is 10.9 Å². The van der Waals surface area contributed by atoms with E-state index >= 15 is 0 Å². The summed E-state index contributed by atoms with van der Waals surface area (Å²) in [6, 6.07) is 13.1. The number of nitrogens with one attached hydrogen (secondary N) is 1. The zero-order valence-corrected chi connectivity index (χ0v) is 21.0. The summed E-state index contributed by atoms with van der Waals surface area (Å²) in [5.41, 5.74) is 6.86. The molecule has 1 aliphatic rings. The van der Waals surface area contributed by atoms with Gasteiger partial charge in [0.15, 0.2) is 0 Å².